The van der Waals surface area contributed by atoms with Crippen LogP contribution >= 0.6 is 0 Å². The highest BCUT2D eigenvalue weighted by atomic mass is 16.5. The zero-order valence-electron chi connectivity index (χ0n) is 21.6. The van der Waals surface area contributed by atoms with E-state index in [1.807, 2.05) is 0 Å². The van der Waals surface area contributed by atoms with Crippen LogP contribution in [0.1, 0.15) is 24.1 Å². The van der Waals surface area contributed by atoms with Gasteiger partial charge in [-0.15, -0.1) is 0 Å². The summed E-state index contributed by atoms with van der Waals surface area (Å²) in [4.78, 5) is 17.1. The molecule has 2 aromatic carbocycles. The molecule has 0 saturated carbocycles. The van der Waals surface area contributed by atoms with Gasteiger partial charge in [-0.1, -0.05) is 36.4 Å². The molecule has 0 bridgehead atoms. The standard InChI is InChI=1S/C29H35N7O/c1-34-14-10-21(17-34)20-37-29-32-26-19-35(27-8-4-6-22-5-2-3-7-24(22)27)15-11-25(26)28(33-29)36-16-13-31-23(18-36)9-12-30/h2-8,21,23,31H,9-11,13-20H2,1H3/t21-,23-/m1/s1. The van der Waals surface area contributed by atoms with Gasteiger partial charge in [0.15, 0.2) is 0 Å². The summed E-state index contributed by atoms with van der Waals surface area (Å²) in [7, 11) is 2.16. The lowest BCUT2D eigenvalue weighted by atomic mass is 10.0. The molecule has 4 heterocycles. The summed E-state index contributed by atoms with van der Waals surface area (Å²) in [6.45, 7) is 6.95. The smallest absolute Gasteiger partial charge is 0.318 e. The fraction of sp³-hybridized carbons (Fsp3) is 0.483. The molecule has 192 valence electrons. The van der Waals surface area contributed by atoms with Crippen molar-refractivity contribution >= 4 is 22.3 Å². The van der Waals surface area contributed by atoms with E-state index in [-0.39, 0.29) is 6.04 Å². The summed E-state index contributed by atoms with van der Waals surface area (Å²) >= 11 is 0. The molecule has 0 radical (unpaired) electrons. The minimum Gasteiger partial charge on any atom is -0.463 e. The van der Waals surface area contributed by atoms with Gasteiger partial charge >= 0.3 is 6.01 Å². The summed E-state index contributed by atoms with van der Waals surface area (Å²) in [5, 5.41) is 15.3. The van der Waals surface area contributed by atoms with E-state index < -0.39 is 0 Å². The fourth-order valence-corrected chi connectivity index (χ4v) is 6.02. The van der Waals surface area contributed by atoms with Gasteiger partial charge in [-0.2, -0.15) is 15.2 Å². The van der Waals surface area contributed by atoms with Crippen LogP contribution in [0.25, 0.3) is 10.8 Å². The lowest BCUT2D eigenvalue weighted by Gasteiger charge is -2.37. The molecule has 37 heavy (non-hydrogen) atoms. The van der Waals surface area contributed by atoms with Crippen LogP contribution in [-0.2, 0) is 13.0 Å². The highest BCUT2D eigenvalue weighted by molar-refractivity contribution is 5.94. The van der Waals surface area contributed by atoms with Crippen LogP contribution in [0.5, 0.6) is 6.01 Å². The van der Waals surface area contributed by atoms with Crippen LogP contribution < -0.4 is 19.9 Å². The molecular formula is C29H35N7O. The fourth-order valence-electron chi connectivity index (χ4n) is 6.02. The Balaban J connectivity index is 1.31. The van der Waals surface area contributed by atoms with Gasteiger partial charge in [0, 0.05) is 61.3 Å². The Morgan fingerprint density at radius 2 is 1.95 bits per heavy atom. The number of hydrogen-bond acceptors (Lipinski definition) is 8. The van der Waals surface area contributed by atoms with Crippen molar-refractivity contribution in [3.05, 3.63) is 53.7 Å². The number of anilines is 2. The molecule has 6 rings (SSSR count). The number of nitrogens with one attached hydrogen (secondary N) is 1. The maximum absolute atomic E-state index is 9.25. The molecule has 3 aliphatic heterocycles. The Kier molecular flexibility index (Phi) is 6.81. The monoisotopic (exact) mass is 497 g/mol. The molecule has 2 fully saturated rings. The number of hydrogen-bond donors (Lipinski definition) is 1. The zero-order valence-corrected chi connectivity index (χ0v) is 21.6. The Morgan fingerprint density at radius 3 is 2.81 bits per heavy atom. The normalized spacial score (nSPS) is 22.2. The first kappa shape index (κ1) is 24.0. The number of piperazine rings is 1. The van der Waals surface area contributed by atoms with Gasteiger partial charge in [0.25, 0.3) is 0 Å². The number of rotatable bonds is 6. The van der Waals surface area contributed by atoms with Crippen LogP contribution in [0.2, 0.25) is 0 Å². The molecule has 0 spiro atoms. The third-order valence-corrected chi connectivity index (χ3v) is 7.96. The van der Waals surface area contributed by atoms with Gasteiger partial charge in [-0.3, -0.25) is 0 Å². The molecule has 2 atom stereocenters. The molecule has 3 aromatic rings. The summed E-state index contributed by atoms with van der Waals surface area (Å²) in [6.07, 6.45) is 2.53. The Labute approximate surface area is 218 Å². The molecule has 3 aliphatic rings. The quantitative estimate of drug-likeness (QED) is 0.556. The van der Waals surface area contributed by atoms with Crippen molar-refractivity contribution in [2.24, 2.45) is 5.92 Å². The van der Waals surface area contributed by atoms with E-state index in [4.69, 9.17) is 14.7 Å². The SMILES string of the molecule is CN1CC[C@@H](COc2nc3c(c(N4CCN[C@H](CC#N)C4)n2)CCN(c2cccc4ccccc24)C3)C1. The predicted molar refractivity (Wildman–Crippen MR) is 146 cm³/mol. The molecule has 0 unspecified atom stereocenters. The Hall–Kier alpha value is -3.41. The van der Waals surface area contributed by atoms with Gasteiger partial charge < -0.3 is 24.8 Å². The number of likely N-dealkylation sites (tertiary alicyclic amines) is 1. The van der Waals surface area contributed by atoms with Crippen LogP contribution in [0, 0.1) is 17.2 Å². The van der Waals surface area contributed by atoms with Crippen molar-refractivity contribution in [3.8, 4) is 12.1 Å². The molecular weight excluding hydrogens is 462 g/mol. The number of ether oxygens (including phenoxy) is 1. The van der Waals surface area contributed by atoms with Crippen LogP contribution in [0.15, 0.2) is 42.5 Å². The lowest BCUT2D eigenvalue weighted by Crippen LogP contribution is -2.51. The molecule has 1 N–H and O–H groups in total. The Morgan fingerprint density at radius 1 is 1.05 bits per heavy atom. The van der Waals surface area contributed by atoms with Crippen molar-refractivity contribution in [2.75, 3.05) is 62.7 Å². The summed E-state index contributed by atoms with van der Waals surface area (Å²) in [5.41, 5.74) is 3.52. The predicted octanol–water partition coefficient (Wildman–Crippen LogP) is 3.21. The van der Waals surface area contributed by atoms with Gasteiger partial charge in [0.05, 0.1) is 31.3 Å². The van der Waals surface area contributed by atoms with Crippen LogP contribution in [0.4, 0.5) is 11.5 Å². The topological polar surface area (TPSA) is 80.5 Å². The summed E-state index contributed by atoms with van der Waals surface area (Å²) in [6, 6.07) is 18.1. The molecule has 8 heteroatoms. The van der Waals surface area contributed by atoms with E-state index in [2.05, 4.69) is 75.6 Å². The molecule has 0 amide bonds. The minimum absolute atomic E-state index is 0.151. The number of nitriles is 1. The van der Waals surface area contributed by atoms with E-state index in [1.165, 1.54) is 22.0 Å². The van der Waals surface area contributed by atoms with Crippen molar-refractivity contribution in [1.29, 1.82) is 5.26 Å². The van der Waals surface area contributed by atoms with E-state index >= 15 is 0 Å². The molecule has 0 aliphatic carbocycles. The molecule has 2 saturated heterocycles. The largest absolute Gasteiger partial charge is 0.463 e. The third-order valence-electron chi connectivity index (χ3n) is 7.96. The van der Waals surface area contributed by atoms with Gasteiger partial charge in [0.2, 0.25) is 0 Å². The highest BCUT2D eigenvalue weighted by Crippen LogP contribution is 2.34. The van der Waals surface area contributed by atoms with Crippen LogP contribution in [-0.4, -0.2) is 73.8 Å². The molecule has 1 aromatic heterocycles. The number of aromatic nitrogens is 2. The summed E-state index contributed by atoms with van der Waals surface area (Å²) in [5.74, 6) is 1.50. The average Bonchev–Trinajstić information content (AvgIpc) is 3.36. The zero-order chi connectivity index (χ0) is 25.2. The van der Waals surface area contributed by atoms with E-state index in [0.29, 0.717) is 25.0 Å². The maximum atomic E-state index is 9.25. The van der Waals surface area contributed by atoms with Gasteiger partial charge in [0.1, 0.15) is 5.82 Å². The van der Waals surface area contributed by atoms with Crippen molar-refractivity contribution in [3.63, 3.8) is 0 Å². The third kappa shape index (κ3) is 5.07. The van der Waals surface area contributed by atoms with Gasteiger partial charge in [-0.25, -0.2) is 0 Å². The van der Waals surface area contributed by atoms with E-state index in [1.54, 1.807) is 0 Å². The first-order chi connectivity index (χ1) is 18.2. The summed E-state index contributed by atoms with van der Waals surface area (Å²) < 4.78 is 6.26. The van der Waals surface area contributed by atoms with Crippen LogP contribution in [0.3, 0.4) is 0 Å². The van der Waals surface area contributed by atoms with Crippen molar-refractivity contribution in [1.82, 2.24) is 20.2 Å². The molecule has 8 nitrogen and oxygen atoms in total. The van der Waals surface area contributed by atoms with Crippen molar-refractivity contribution < 1.29 is 4.74 Å². The average molecular weight is 498 g/mol. The second-order valence-electron chi connectivity index (χ2n) is 10.6. The first-order valence-electron chi connectivity index (χ1n) is 13.5. The highest BCUT2D eigenvalue weighted by Gasteiger charge is 2.29. The number of benzene rings is 2. The van der Waals surface area contributed by atoms with Gasteiger partial charge in [-0.05, 0) is 37.9 Å². The Bertz CT molecular complexity index is 1300. The lowest BCUT2D eigenvalue weighted by molar-refractivity contribution is 0.231. The van der Waals surface area contributed by atoms with Crippen molar-refractivity contribution in [2.45, 2.75) is 31.8 Å². The minimum atomic E-state index is 0.151. The van der Waals surface area contributed by atoms with E-state index in [9.17, 15) is 5.26 Å². The van der Waals surface area contributed by atoms with E-state index in [0.717, 1.165) is 70.2 Å². The maximum Gasteiger partial charge on any atom is 0.318 e. The number of nitrogens with zero attached hydrogens (tertiary/aromatic N) is 6. The first-order valence-corrected chi connectivity index (χ1v) is 13.5. The number of fused-ring (bicyclic) bond motifs is 2. The second kappa shape index (κ2) is 10.5. The second-order valence-corrected chi connectivity index (χ2v) is 10.6.